The maximum Gasteiger partial charge on any atom is 0.346 e. The van der Waals surface area contributed by atoms with Crippen LogP contribution < -0.4 is 9.47 Å². The van der Waals surface area contributed by atoms with Crippen LogP contribution in [0.5, 0.6) is 23.0 Å². The number of esters is 1. The average molecular weight is 407 g/mol. The normalized spacial score (nSPS) is 14.3. The van der Waals surface area contributed by atoms with Gasteiger partial charge in [0.15, 0.2) is 11.5 Å². The lowest BCUT2D eigenvalue weighted by atomic mass is 9.96. The molecular weight excluding hydrogens is 384 g/mol. The van der Waals surface area contributed by atoms with Crippen molar-refractivity contribution < 1.29 is 29.2 Å². The Labute approximate surface area is 168 Å². The number of methoxy groups -OCH3 is 1. The molecule has 1 heterocycles. The molecule has 1 atom stereocenters. The van der Waals surface area contributed by atoms with E-state index in [1.54, 1.807) is 25.1 Å². The number of phenols is 1. The smallest absolute Gasteiger partial charge is 0.346 e. The molecule has 0 amide bonds. The SMILES string of the molecule is COc1c([C@@H](O)CC(C)C)ccc2c1C(=O)OCc1cc(C)c(Cl)c(O)c1O2. The number of cyclic esters (lactones) is 1. The lowest BCUT2D eigenvalue weighted by Gasteiger charge is -2.24. The molecule has 2 aromatic carbocycles. The zero-order chi connectivity index (χ0) is 20.6. The maximum absolute atomic E-state index is 12.7. The first-order valence-corrected chi connectivity index (χ1v) is 9.37. The predicted octanol–water partition coefficient (Wildman–Crippen LogP) is 4.90. The number of hydrogen-bond donors (Lipinski definition) is 2. The molecule has 0 aliphatic carbocycles. The first kappa shape index (κ1) is 20.3. The van der Waals surface area contributed by atoms with Crippen molar-refractivity contribution in [2.75, 3.05) is 7.11 Å². The van der Waals surface area contributed by atoms with Crippen molar-refractivity contribution in [2.24, 2.45) is 5.92 Å². The Morgan fingerprint density at radius 1 is 1.32 bits per heavy atom. The quantitative estimate of drug-likeness (QED) is 0.702. The van der Waals surface area contributed by atoms with Crippen molar-refractivity contribution >= 4 is 17.6 Å². The molecule has 1 aliphatic heterocycles. The molecular formula is C21H23ClO6. The molecule has 7 heteroatoms. The Kier molecular flexibility index (Phi) is 5.72. The van der Waals surface area contributed by atoms with Crippen LogP contribution in [-0.2, 0) is 11.3 Å². The minimum atomic E-state index is -0.809. The van der Waals surface area contributed by atoms with Gasteiger partial charge in [-0.15, -0.1) is 0 Å². The summed E-state index contributed by atoms with van der Waals surface area (Å²) < 4.78 is 16.7. The maximum atomic E-state index is 12.7. The number of hydrogen-bond acceptors (Lipinski definition) is 6. The van der Waals surface area contributed by atoms with Crippen LogP contribution in [0.3, 0.4) is 0 Å². The monoisotopic (exact) mass is 406 g/mol. The van der Waals surface area contributed by atoms with Gasteiger partial charge in [0.05, 0.1) is 18.2 Å². The van der Waals surface area contributed by atoms with Gasteiger partial charge in [0, 0.05) is 11.1 Å². The number of halogens is 1. The Morgan fingerprint density at radius 2 is 2.04 bits per heavy atom. The molecule has 0 saturated heterocycles. The molecule has 6 nitrogen and oxygen atoms in total. The number of phenolic OH excluding ortho intramolecular Hbond substituents is 1. The minimum absolute atomic E-state index is 0.0598. The number of rotatable bonds is 4. The van der Waals surface area contributed by atoms with Gasteiger partial charge >= 0.3 is 5.97 Å². The number of carbonyl (C=O) groups excluding carboxylic acids is 1. The summed E-state index contributed by atoms with van der Waals surface area (Å²) in [7, 11) is 1.42. The molecule has 0 bridgehead atoms. The Morgan fingerprint density at radius 3 is 2.68 bits per heavy atom. The molecule has 0 aromatic heterocycles. The number of fused-ring (bicyclic) bond motifs is 2. The number of carbonyl (C=O) groups is 1. The van der Waals surface area contributed by atoms with E-state index in [0.29, 0.717) is 23.1 Å². The van der Waals surface area contributed by atoms with E-state index < -0.39 is 12.1 Å². The summed E-state index contributed by atoms with van der Waals surface area (Å²) in [6.45, 7) is 5.63. The number of benzene rings is 2. The lowest BCUT2D eigenvalue weighted by Crippen LogP contribution is -2.15. The molecule has 3 rings (SSSR count). The van der Waals surface area contributed by atoms with Crippen LogP contribution in [0.1, 0.15) is 53.4 Å². The highest BCUT2D eigenvalue weighted by atomic mass is 35.5. The first-order chi connectivity index (χ1) is 13.2. The molecule has 150 valence electrons. The average Bonchev–Trinajstić information content (AvgIpc) is 2.64. The van der Waals surface area contributed by atoms with Gasteiger partial charge in [0.1, 0.15) is 23.7 Å². The van der Waals surface area contributed by atoms with Crippen molar-refractivity contribution in [2.45, 2.75) is 39.9 Å². The van der Waals surface area contributed by atoms with E-state index in [-0.39, 0.29) is 46.1 Å². The highest BCUT2D eigenvalue weighted by Crippen LogP contribution is 2.46. The van der Waals surface area contributed by atoms with Crippen molar-refractivity contribution in [3.8, 4) is 23.0 Å². The second-order valence-electron chi connectivity index (χ2n) is 7.23. The topological polar surface area (TPSA) is 85.2 Å². The number of ether oxygens (including phenoxy) is 3. The van der Waals surface area contributed by atoms with Crippen LogP contribution in [0.2, 0.25) is 5.02 Å². The third kappa shape index (κ3) is 3.62. The summed E-state index contributed by atoms with van der Waals surface area (Å²) >= 11 is 6.14. The zero-order valence-electron chi connectivity index (χ0n) is 16.2. The van der Waals surface area contributed by atoms with Gasteiger partial charge < -0.3 is 24.4 Å². The van der Waals surface area contributed by atoms with Crippen molar-refractivity contribution in [1.29, 1.82) is 0 Å². The van der Waals surface area contributed by atoms with Gasteiger partial charge in [-0.1, -0.05) is 25.4 Å². The highest BCUT2D eigenvalue weighted by molar-refractivity contribution is 6.33. The van der Waals surface area contributed by atoms with Gasteiger partial charge in [0.2, 0.25) is 0 Å². The van der Waals surface area contributed by atoms with Gasteiger partial charge in [-0.3, -0.25) is 0 Å². The standard InChI is InChI=1S/C21H23ClO6/c1-10(2)7-14(23)13-5-6-15-16(20(13)26-4)21(25)27-9-12-8-11(3)17(22)18(24)19(12)28-15/h5-6,8,10,14,23-24H,7,9H2,1-4H3/t14-/m0/s1. The summed E-state index contributed by atoms with van der Waals surface area (Å²) in [4.78, 5) is 12.7. The molecule has 0 fully saturated rings. The number of aliphatic hydroxyl groups is 1. The van der Waals surface area contributed by atoms with Crippen LogP contribution in [0, 0.1) is 12.8 Å². The van der Waals surface area contributed by atoms with E-state index in [9.17, 15) is 15.0 Å². The third-order valence-corrected chi connectivity index (χ3v) is 5.11. The Hall–Kier alpha value is -2.44. The van der Waals surface area contributed by atoms with Crippen LogP contribution in [0.15, 0.2) is 18.2 Å². The van der Waals surface area contributed by atoms with E-state index in [1.807, 2.05) is 13.8 Å². The fourth-order valence-corrected chi connectivity index (χ4v) is 3.43. The first-order valence-electron chi connectivity index (χ1n) is 8.99. The molecule has 0 unspecified atom stereocenters. The molecule has 0 radical (unpaired) electrons. The largest absolute Gasteiger partial charge is 0.503 e. The molecule has 0 spiro atoms. The molecule has 28 heavy (non-hydrogen) atoms. The van der Waals surface area contributed by atoms with E-state index in [0.717, 1.165) is 0 Å². The zero-order valence-corrected chi connectivity index (χ0v) is 17.0. The molecule has 2 N–H and O–H groups in total. The van der Waals surface area contributed by atoms with E-state index in [2.05, 4.69) is 0 Å². The van der Waals surface area contributed by atoms with Gasteiger partial charge in [-0.05, 0) is 43.0 Å². The van der Waals surface area contributed by atoms with E-state index in [4.69, 9.17) is 25.8 Å². The number of aromatic hydroxyl groups is 1. The Bertz CT molecular complexity index is 922. The van der Waals surface area contributed by atoms with Crippen molar-refractivity contribution in [1.82, 2.24) is 0 Å². The molecule has 2 aromatic rings. The third-order valence-electron chi connectivity index (χ3n) is 4.63. The molecule has 1 aliphatic rings. The van der Waals surface area contributed by atoms with Gasteiger partial charge in [0.25, 0.3) is 0 Å². The predicted molar refractivity (Wildman–Crippen MR) is 104 cm³/mol. The second-order valence-corrected chi connectivity index (χ2v) is 7.61. The van der Waals surface area contributed by atoms with Crippen molar-refractivity contribution in [3.05, 3.63) is 45.5 Å². The minimum Gasteiger partial charge on any atom is -0.503 e. The number of aliphatic hydroxyl groups excluding tert-OH is 1. The van der Waals surface area contributed by atoms with Gasteiger partial charge in [-0.2, -0.15) is 0 Å². The van der Waals surface area contributed by atoms with Crippen molar-refractivity contribution in [3.63, 3.8) is 0 Å². The highest BCUT2D eigenvalue weighted by Gasteiger charge is 2.30. The second kappa shape index (κ2) is 7.89. The van der Waals surface area contributed by atoms with Crippen LogP contribution >= 0.6 is 11.6 Å². The summed E-state index contributed by atoms with van der Waals surface area (Å²) in [5.41, 5.74) is 1.68. The summed E-state index contributed by atoms with van der Waals surface area (Å²) in [5, 5.41) is 21.2. The summed E-state index contributed by atoms with van der Waals surface area (Å²) in [6.07, 6.45) is -0.305. The van der Waals surface area contributed by atoms with Gasteiger partial charge in [-0.25, -0.2) is 4.79 Å². The summed E-state index contributed by atoms with van der Waals surface area (Å²) in [6, 6.07) is 4.90. The van der Waals surface area contributed by atoms with Crippen LogP contribution in [0.25, 0.3) is 0 Å². The lowest BCUT2D eigenvalue weighted by molar-refractivity contribution is 0.0454. The van der Waals surface area contributed by atoms with Crippen LogP contribution in [-0.4, -0.2) is 23.3 Å². The summed E-state index contributed by atoms with van der Waals surface area (Å²) in [5.74, 6) is -0.136. The fraction of sp³-hybridized carbons (Fsp3) is 0.381. The fourth-order valence-electron chi connectivity index (χ4n) is 3.29. The number of aryl methyl sites for hydroxylation is 1. The Balaban J connectivity index is 2.16. The molecule has 0 saturated carbocycles. The van der Waals surface area contributed by atoms with E-state index >= 15 is 0 Å². The van der Waals surface area contributed by atoms with E-state index in [1.165, 1.54) is 7.11 Å². The van der Waals surface area contributed by atoms with Crippen LogP contribution in [0.4, 0.5) is 0 Å².